The SMILES string of the molecule is O=c1cc(-c2ccc(NC3CCCCCCC3)cc2)[nH][nH]1. The Hall–Kier alpha value is -1.97. The number of hydrogen-bond donors (Lipinski definition) is 3. The van der Waals surface area contributed by atoms with Gasteiger partial charge in [-0.25, -0.2) is 0 Å². The first-order valence-electron chi connectivity index (χ1n) is 7.96. The Morgan fingerprint density at radius 1 is 0.905 bits per heavy atom. The van der Waals surface area contributed by atoms with Gasteiger partial charge in [-0.2, -0.15) is 0 Å². The van der Waals surface area contributed by atoms with Crippen molar-refractivity contribution >= 4 is 5.69 Å². The summed E-state index contributed by atoms with van der Waals surface area (Å²) in [6, 6.07) is 10.5. The molecule has 21 heavy (non-hydrogen) atoms. The fraction of sp³-hybridized carbons (Fsp3) is 0.471. The van der Waals surface area contributed by atoms with Crippen molar-refractivity contribution in [2.24, 2.45) is 0 Å². The maximum atomic E-state index is 11.2. The molecule has 1 heterocycles. The molecule has 3 rings (SSSR count). The lowest BCUT2D eigenvalue weighted by Gasteiger charge is -2.22. The van der Waals surface area contributed by atoms with Gasteiger partial charge in [0, 0.05) is 17.8 Å². The number of aromatic amines is 2. The molecule has 1 saturated carbocycles. The number of aromatic nitrogens is 2. The molecule has 3 N–H and O–H groups in total. The minimum atomic E-state index is -0.0956. The summed E-state index contributed by atoms with van der Waals surface area (Å²) >= 11 is 0. The molecule has 112 valence electrons. The van der Waals surface area contributed by atoms with E-state index in [-0.39, 0.29) is 5.56 Å². The highest BCUT2D eigenvalue weighted by atomic mass is 16.1. The molecular weight excluding hydrogens is 262 g/mol. The van der Waals surface area contributed by atoms with Crippen molar-refractivity contribution in [3.8, 4) is 11.3 Å². The molecule has 1 aliphatic rings. The van der Waals surface area contributed by atoms with Gasteiger partial charge >= 0.3 is 0 Å². The van der Waals surface area contributed by atoms with E-state index in [0.29, 0.717) is 6.04 Å². The predicted molar refractivity (Wildman–Crippen MR) is 86.6 cm³/mol. The summed E-state index contributed by atoms with van der Waals surface area (Å²) in [6.07, 6.45) is 9.35. The largest absolute Gasteiger partial charge is 0.382 e. The van der Waals surface area contributed by atoms with Crippen molar-refractivity contribution in [3.05, 3.63) is 40.7 Å². The number of H-pyrrole nitrogens is 2. The van der Waals surface area contributed by atoms with Crippen LogP contribution >= 0.6 is 0 Å². The smallest absolute Gasteiger partial charge is 0.264 e. The van der Waals surface area contributed by atoms with Crippen LogP contribution in [0.1, 0.15) is 44.9 Å². The van der Waals surface area contributed by atoms with Crippen LogP contribution in [0.2, 0.25) is 0 Å². The van der Waals surface area contributed by atoms with Crippen LogP contribution in [-0.4, -0.2) is 16.2 Å². The second-order valence-electron chi connectivity index (χ2n) is 5.94. The van der Waals surface area contributed by atoms with Gasteiger partial charge in [0.15, 0.2) is 0 Å². The van der Waals surface area contributed by atoms with Gasteiger partial charge in [-0.05, 0) is 30.5 Å². The van der Waals surface area contributed by atoms with E-state index < -0.39 is 0 Å². The highest BCUT2D eigenvalue weighted by molar-refractivity contribution is 5.62. The number of anilines is 1. The monoisotopic (exact) mass is 285 g/mol. The van der Waals surface area contributed by atoms with Gasteiger partial charge in [-0.15, -0.1) is 0 Å². The molecule has 1 aromatic carbocycles. The van der Waals surface area contributed by atoms with Crippen LogP contribution in [0.4, 0.5) is 5.69 Å². The van der Waals surface area contributed by atoms with E-state index in [0.717, 1.165) is 11.3 Å². The fourth-order valence-corrected chi connectivity index (χ4v) is 3.07. The highest BCUT2D eigenvalue weighted by Gasteiger charge is 2.11. The van der Waals surface area contributed by atoms with E-state index in [4.69, 9.17) is 0 Å². The third-order valence-corrected chi connectivity index (χ3v) is 4.27. The molecule has 0 unspecified atom stereocenters. The zero-order valence-corrected chi connectivity index (χ0v) is 12.3. The molecule has 0 saturated heterocycles. The van der Waals surface area contributed by atoms with Gasteiger partial charge in [0.1, 0.15) is 0 Å². The lowest BCUT2D eigenvalue weighted by atomic mass is 9.96. The fourth-order valence-electron chi connectivity index (χ4n) is 3.07. The first kappa shape index (κ1) is 14.0. The minimum absolute atomic E-state index is 0.0956. The second-order valence-corrected chi connectivity index (χ2v) is 5.94. The maximum absolute atomic E-state index is 11.2. The predicted octanol–water partition coefficient (Wildman–Crippen LogP) is 3.89. The summed E-state index contributed by atoms with van der Waals surface area (Å²) in [5.41, 5.74) is 2.93. The van der Waals surface area contributed by atoms with Crippen molar-refractivity contribution in [1.82, 2.24) is 10.2 Å². The van der Waals surface area contributed by atoms with Crippen molar-refractivity contribution in [2.75, 3.05) is 5.32 Å². The molecule has 2 aromatic rings. The maximum Gasteiger partial charge on any atom is 0.264 e. The van der Waals surface area contributed by atoms with E-state index in [2.05, 4.69) is 27.6 Å². The Bertz CT molecular complexity index is 603. The van der Waals surface area contributed by atoms with Crippen LogP contribution in [0.25, 0.3) is 11.3 Å². The van der Waals surface area contributed by atoms with E-state index in [1.165, 1.54) is 50.6 Å². The van der Waals surface area contributed by atoms with E-state index in [1.54, 1.807) is 6.07 Å². The van der Waals surface area contributed by atoms with Crippen LogP contribution in [-0.2, 0) is 0 Å². The van der Waals surface area contributed by atoms with Crippen molar-refractivity contribution < 1.29 is 0 Å². The Labute approximate surface area is 125 Å². The summed E-state index contributed by atoms with van der Waals surface area (Å²) in [4.78, 5) is 11.2. The van der Waals surface area contributed by atoms with Gasteiger partial charge < -0.3 is 5.32 Å². The molecule has 4 nitrogen and oxygen atoms in total. The van der Waals surface area contributed by atoms with Gasteiger partial charge in [-0.1, -0.05) is 44.2 Å². The lowest BCUT2D eigenvalue weighted by molar-refractivity contribution is 0.471. The number of benzene rings is 1. The first-order valence-corrected chi connectivity index (χ1v) is 7.96. The minimum Gasteiger partial charge on any atom is -0.382 e. The van der Waals surface area contributed by atoms with Gasteiger partial charge in [-0.3, -0.25) is 15.0 Å². The molecular formula is C17H23N3O. The van der Waals surface area contributed by atoms with Gasteiger partial charge in [0.05, 0.1) is 5.69 Å². The second kappa shape index (κ2) is 6.66. The number of nitrogens with one attached hydrogen (secondary N) is 3. The summed E-state index contributed by atoms with van der Waals surface area (Å²) in [5, 5.41) is 9.10. The van der Waals surface area contributed by atoms with Crippen LogP contribution in [0.15, 0.2) is 35.1 Å². The molecule has 0 aliphatic heterocycles. The Morgan fingerprint density at radius 2 is 1.57 bits per heavy atom. The molecule has 4 heteroatoms. The number of rotatable bonds is 3. The number of hydrogen-bond acceptors (Lipinski definition) is 2. The molecule has 1 aliphatic carbocycles. The quantitative estimate of drug-likeness (QED) is 0.801. The van der Waals surface area contributed by atoms with Gasteiger partial charge in [0.25, 0.3) is 5.56 Å². The molecule has 0 bridgehead atoms. The normalized spacial score (nSPS) is 17.1. The van der Waals surface area contributed by atoms with E-state index >= 15 is 0 Å². The summed E-state index contributed by atoms with van der Waals surface area (Å²) in [6.45, 7) is 0. The topological polar surface area (TPSA) is 60.7 Å². The van der Waals surface area contributed by atoms with E-state index in [9.17, 15) is 4.79 Å². The van der Waals surface area contributed by atoms with Crippen molar-refractivity contribution in [3.63, 3.8) is 0 Å². The van der Waals surface area contributed by atoms with Crippen LogP contribution in [0.5, 0.6) is 0 Å². The molecule has 0 atom stereocenters. The summed E-state index contributed by atoms with van der Waals surface area (Å²) < 4.78 is 0. The summed E-state index contributed by atoms with van der Waals surface area (Å²) in [7, 11) is 0. The van der Waals surface area contributed by atoms with Crippen molar-refractivity contribution in [2.45, 2.75) is 51.0 Å². The molecule has 0 spiro atoms. The standard InChI is InChI=1S/C17H23N3O/c21-17-12-16(19-20-17)13-8-10-15(11-9-13)18-14-6-4-2-1-3-5-7-14/h8-12,14,18H,1-7H2,(H2,19,20,21). The van der Waals surface area contributed by atoms with Crippen LogP contribution < -0.4 is 10.9 Å². The molecule has 0 amide bonds. The molecule has 1 aromatic heterocycles. The Morgan fingerprint density at radius 3 is 2.19 bits per heavy atom. The van der Waals surface area contributed by atoms with Gasteiger partial charge in [0.2, 0.25) is 0 Å². The lowest BCUT2D eigenvalue weighted by Crippen LogP contribution is -2.20. The third-order valence-electron chi connectivity index (χ3n) is 4.27. The van der Waals surface area contributed by atoms with Crippen LogP contribution in [0.3, 0.4) is 0 Å². The molecule has 1 fully saturated rings. The zero-order chi connectivity index (χ0) is 14.5. The summed E-state index contributed by atoms with van der Waals surface area (Å²) in [5.74, 6) is 0. The average Bonchev–Trinajstić information content (AvgIpc) is 2.89. The molecule has 0 radical (unpaired) electrons. The van der Waals surface area contributed by atoms with Crippen molar-refractivity contribution in [1.29, 1.82) is 0 Å². The third kappa shape index (κ3) is 3.78. The van der Waals surface area contributed by atoms with Crippen LogP contribution in [0, 0.1) is 0 Å². The first-order chi connectivity index (χ1) is 10.3. The average molecular weight is 285 g/mol. The zero-order valence-electron chi connectivity index (χ0n) is 12.3. The Kier molecular flexibility index (Phi) is 4.43. The highest BCUT2D eigenvalue weighted by Crippen LogP contribution is 2.22. The Balaban J connectivity index is 1.64. The van der Waals surface area contributed by atoms with E-state index in [1.807, 2.05) is 12.1 Å².